The van der Waals surface area contributed by atoms with Crippen LogP contribution >= 0.6 is 11.3 Å². The molecule has 1 aliphatic heterocycles. The van der Waals surface area contributed by atoms with Crippen molar-refractivity contribution < 1.29 is 23.9 Å². The van der Waals surface area contributed by atoms with Crippen LogP contribution in [0.5, 0.6) is 0 Å². The summed E-state index contributed by atoms with van der Waals surface area (Å²) >= 11 is 1.50. The third-order valence-electron chi connectivity index (χ3n) is 3.51. The van der Waals surface area contributed by atoms with E-state index in [1.54, 1.807) is 6.07 Å². The van der Waals surface area contributed by atoms with Gasteiger partial charge in [0.05, 0.1) is 0 Å². The molecule has 0 radical (unpaired) electrons. The third-order valence-corrected chi connectivity index (χ3v) is 4.47. The summed E-state index contributed by atoms with van der Waals surface area (Å²) in [6, 6.07) is 0.758. The number of ketones is 1. The van der Waals surface area contributed by atoms with Gasteiger partial charge in [-0.05, 0) is 26.8 Å². The number of amides is 2. The van der Waals surface area contributed by atoms with Crippen molar-refractivity contribution in [3.63, 3.8) is 0 Å². The molecule has 0 aromatic carbocycles. The molecular formula is C15H17NO5S. The first-order valence-corrected chi connectivity index (χ1v) is 7.74. The SMILES string of the molecule is Cc1cc(C(=O)COC(=O)[C@H](C)N2C(=O)CCC2=O)c(C)s1. The fourth-order valence-corrected chi connectivity index (χ4v) is 3.32. The maximum Gasteiger partial charge on any atom is 0.329 e. The fraction of sp³-hybridized carbons (Fsp3) is 0.467. The number of carbonyl (C=O) groups excluding carboxylic acids is 4. The van der Waals surface area contributed by atoms with E-state index in [0.29, 0.717) is 5.56 Å². The lowest BCUT2D eigenvalue weighted by Crippen LogP contribution is -2.43. The molecule has 1 saturated heterocycles. The predicted octanol–water partition coefficient (Wildman–Crippen LogP) is 1.63. The molecule has 2 heterocycles. The molecule has 1 aromatic heterocycles. The highest BCUT2D eigenvalue weighted by atomic mass is 32.1. The van der Waals surface area contributed by atoms with E-state index < -0.39 is 18.6 Å². The molecular weight excluding hydrogens is 306 g/mol. The van der Waals surface area contributed by atoms with Gasteiger partial charge in [-0.1, -0.05) is 0 Å². The van der Waals surface area contributed by atoms with Gasteiger partial charge < -0.3 is 4.74 Å². The number of esters is 1. The third kappa shape index (κ3) is 3.24. The summed E-state index contributed by atoms with van der Waals surface area (Å²) in [7, 11) is 0. The van der Waals surface area contributed by atoms with Crippen LogP contribution in [0, 0.1) is 13.8 Å². The van der Waals surface area contributed by atoms with E-state index in [0.717, 1.165) is 14.7 Å². The van der Waals surface area contributed by atoms with E-state index in [1.807, 2.05) is 13.8 Å². The normalized spacial score (nSPS) is 16.0. The second-order valence-electron chi connectivity index (χ2n) is 5.19. The topological polar surface area (TPSA) is 80.8 Å². The zero-order valence-corrected chi connectivity index (χ0v) is 13.5. The number of imide groups is 1. The van der Waals surface area contributed by atoms with Crippen LogP contribution in [0.4, 0.5) is 0 Å². The number of carbonyl (C=O) groups is 4. The van der Waals surface area contributed by atoms with Crippen molar-refractivity contribution in [1.82, 2.24) is 4.90 Å². The number of thiophene rings is 1. The number of nitrogens with zero attached hydrogens (tertiary/aromatic N) is 1. The summed E-state index contributed by atoms with van der Waals surface area (Å²) in [4.78, 5) is 49.9. The largest absolute Gasteiger partial charge is 0.456 e. The van der Waals surface area contributed by atoms with E-state index in [-0.39, 0.29) is 30.4 Å². The van der Waals surface area contributed by atoms with Gasteiger partial charge in [-0.15, -0.1) is 11.3 Å². The molecule has 1 aromatic rings. The maximum atomic E-state index is 12.0. The molecule has 0 bridgehead atoms. The quantitative estimate of drug-likeness (QED) is 0.467. The first-order chi connectivity index (χ1) is 10.3. The standard InChI is InChI=1S/C15H17NO5S/c1-8-6-11(10(3)22-8)12(17)7-21-15(20)9(2)16-13(18)4-5-14(16)19/h6,9H,4-5,7H2,1-3H3/t9-/m0/s1. The number of rotatable bonds is 5. The maximum absolute atomic E-state index is 12.0. The molecule has 6 nitrogen and oxygen atoms in total. The molecule has 118 valence electrons. The van der Waals surface area contributed by atoms with E-state index in [2.05, 4.69) is 0 Å². The van der Waals surface area contributed by atoms with Crippen LogP contribution in [0.25, 0.3) is 0 Å². The Balaban J connectivity index is 1.95. The Morgan fingerprint density at radius 2 is 1.86 bits per heavy atom. The Morgan fingerprint density at radius 1 is 1.27 bits per heavy atom. The molecule has 2 amide bonds. The molecule has 22 heavy (non-hydrogen) atoms. The molecule has 7 heteroatoms. The van der Waals surface area contributed by atoms with Crippen LogP contribution in [-0.2, 0) is 19.1 Å². The number of ether oxygens (including phenoxy) is 1. The van der Waals surface area contributed by atoms with Gasteiger partial charge in [-0.25, -0.2) is 4.79 Å². The zero-order valence-electron chi connectivity index (χ0n) is 12.7. The van der Waals surface area contributed by atoms with Crippen LogP contribution in [0.2, 0.25) is 0 Å². The molecule has 2 rings (SSSR count). The van der Waals surface area contributed by atoms with Crippen LogP contribution in [0.1, 0.15) is 39.9 Å². The van der Waals surface area contributed by atoms with Crippen LogP contribution in [0.3, 0.4) is 0 Å². The lowest BCUT2D eigenvalue weighted by molar-refractivity contribution is -0.156. The minimum Gasteiger partial charge on any atom is -0.456 e. The van der Waals surface area contributed by atoms with Crippen molar-refractivity contribution in [3.8, 4) is 0 Å². The number of Topliss-reactive ketones (excluding diaryl/α,β-unsaturated/α-hetero) is 1. The van der Waals surface area contributed by atoms with E-state index in [1.165, 1.54) is 18.3 Å². The Bertz CT molecular complexity index is 632. The molecule has 0 saturated carbocycles. The highest BCUT2D eigenvalue weighted by Gasteiger charge is 2.37. The Hall–Kier alpha value is -2.02. The Labute approximate surface area is 132 Å². The second-order valence-corrected chi connectivity index (χ2v) is 6.65. The average Bonchev–Trinajstić information content (AvgIpc) is 2.97. The second kappa shape index (κ2) is 6.39. The molecule has 0 N–H and O–H groups in total. The summed E-state index contributed by atoms with van der Waals surface area (Å²) in [5, 5.41) is 0. The van der Waals surface area contributed by atoms with Gasteiger partial charge in [0, 0.05) is 28.2 Å². The monoisotopic (exact) mass is 323 g/mol. The van der Waals surface area contributed by atoms with E-state index in [9.17, 15) is 19.2 Å². The smallest absolute Gasteiger partial charge is 0.329 e. The van der Waals surface area contributed by atoms with Gasteiger partial charge in [-0.3, -0.25) is 19.3 Å². The van der Waals surface area contributed by atoms with Crippen molar-refractivity contribution in [2.45, 2.75) is 39.7 Å². The molecule has 0 unspecified atom stereocenters. The Morgan fingerprint density at radius 3 is 2.36 bits per heavy atom. The first kappa shape index (κ1) is 16.4. The predicted molar refractivity (Wildman–Crippen MR) is 79.6 cm³/mol. The summed E-state index contributed by atoms with van der Waals surface area (Å²) in [6.07, 6.45) is 0.228. The molecule has 1 aliphatic rings. The van der Waals surface area contributed by atoms with E-state index in [4.69, 9.17) is 4.74 Å². The van der Waals surface area contributed by atoms with Gasteiger partial charge in [0.25, 0.3) is 0 Å². The lowest BCUT2D eigenvalue weighted by Gasteiger charge is -2.20. The summed E-state index contributed by atoms with van der Waals surface area (Å²) in [6.45, 7) is 4.76. The van der Waals surface area contributed by atoms with Gasteiger partial charge in [0.15, 0.2) is 6.61 Å². The van der Waals surface area contributed by atoms with Crippen LogP contribution in [-0.4, -0.2) is 41.1 Å². The highest BCUT2D eigenvalue weighted by molar-refractivity contribution is 7.12. The van der Waals surface area contributed by atoms with Crippen molar-refractivity contribution in [3.05, 3.63) is 21.4 Å². The first-order valence-electron chi connectivity index (χ1n) is 6.93. The van der Waals surface area contributed by atoms with Crippen LogP contribution in [0.15, 0.2) is 6.07 Å². The fourth-order valence-electron chi connectivity index (χ4n) is 2.37. The van der Waals surface area contributed by atoms with Crippen molar-refractivity contribution >= 4 is 34.9 Å². The summed E-state index contributed by atoms with van der Waals surface area (Å²) < 4.78 is 4.96. The minimum absolute atomic E-state index is 0.114. The minimum atomic E-state index is -0.999. The van der Waals surface area contributed by atoms with Crippen molar-refractivity contribution in [2.75, 3.05) is 6.61 Å². The van der Waals surface area contributed by atoms with E-state index >= 15 is 0 Å². The van der Waals surface area contributed by atoms with Crippen LogP contribution < -0.4 is 0 Å². The number of aryl methyl sites for hydroxylation is 2. The lowest BCUT2D eigenvalue weighted by atomic mass is 10.2. The van der Waals surface area contributed by atoms with Gasteiger partial charge in [0.1, 0.15) is 6.04 Å². The highest BCUT2D eigenvalue weighted by Crippen LogP contribution is 2.21. The number of likely N-dealkylation sites (tertiary alicyclic amines) is 1. The van der Waals surface area contributed by atoms with Crippen molar-refractivity contribution in [2.24, 2.45) is 0 Å². The van der Waals surface area contributed by atoms with Gasteiger partial charge in [0.2, 0.25) is 17.6 Å². The summed E-state index contributed by atoms with van der Waals surface area (Å²) in [5.41, 5.74) is 0.538. The summed E-state index contributed by atoms with van der Waals surface area (Å²) in [5.74, 6) is -1.81. The van der Waals surface area contributed by atoms with Crippen molar-refractivity contribution in [1.29, 1.82) is 0 Å². The molecule has 1 fully saturated rings. The number of hydrogen-bond acceptors (Lipinski definition) is 6. The number of hydrogen-bond donors (Lipinski definition) is 0. The molecule has 1 atom stereocenters. The average molecular weight is 323 g/mol. The molecule has 0 aliphatic carbocycles. The van der Waals surface area contributed by atoms with Gasteiger partial charge in [-0.2, -0.15) is 0 Å². The zero-order chi connectivity index (χ0) is 16.4. The molecule has 0 spiro atoms. The Kier molecular flexibility index (Phi) is 4.75. The van der Waals surface area contributed by atoms with Gasteiger partial charge >= 0.3 is 5.97 Å².